The van der Waals surface area contributed by atoms with Crippen LogP contribution in [0.4, 0.5) is 18.9 Å². The van der Waals surface area contributed by atoms with Crippen LogP contribution in [0, 0.1) is 23.2 Å². The molecule has 4 unspecified atom stereocenters. The van der Waals surface area contributed by atoms with Gasteiger partial charge in [-0.25, -0.2) is 4.90 Å². The van der Waals surface area contributed by atoms with Crippen LogP contribution in [0.1, 0.15) is 25.0 Å². The number of amides is 2. The van der Waals surface area contributed by atoms with Crippen molar-refractivity contribution >= 4 is 17.5 Å². The second-order valence-electron chi connectivity index (χ2n) is 10.3. The number of hydrogen-bond acceptors (Lipinski definition) is 7. The van der Waals surface area contributed by atoms with Gasteiger partial charge < -0.3 is 10.1 Å². The lowest BCUT2D eigenvalue weighted by Gasteiger charge is -2.45. The molecule has 4 saturated heterocycles. The van der Waals surface area contributed by atoms with Gasteiger partial charge in [-0.05, 0) is 32.0 Å². The summed E-state index contributed by atoms with van der Waals surface area (Å²) in [5.41, 5.74) is -3.74. The molecule has 1 N–H and O–H groups in total. The summed E-state index contributed by atoms with van der Waals surface area (Å²) in [4.78, 5) is 32.6. The summed E-state index contributed by atoms with van der Waals surface area (Å²) in [7, 11) is 0. The molecule has 0 saturated carbocycles. The molecule has 4 atom stereocenters. The maximum atomic E-state index is 13.6. The van der Waals surface area contributed by atoms with Crippen molar-refractivity contribution in [3.05, 3.63) is 29.3 Å². The standard InChI is InChI=1S/C24H28F3N5O3/c1-22-13-31(10-9-30-7-5-29-6-8-30)14-23(2,35-22)19-18(22)20(33)32(21(19)34)16-4-3-15(12-28)17(11-16)24(25,26)27/h3-4,11,18-19,29H,5-10,13-14H2,1-2H3. The first-order chi connectivity index (χ1) is 16.5. The lowest BCUT2D eigenvalue weighted by molar-refractivity contribution is -0.169. The van der Waals surface area contributed by atoms with Crippen molar-refractivity contribution in [2.24, 2.45) is 11.8 Å². The molecule has 35 heavy (non-hydrogen) atoms. The Labute approximate surface area is 201 Å². The summed E-state index contributed by atoms with van der Waals surface area (Å²) in [6.07, 6.45) is -4.79. The molecule has 4 aliphatic rings. The van der Waals surface area contributed by atoms with Gasteiger partial charge in [-0.3, -0.25) is 19.4 Å². The van der Waals surface area contributed by atoms with Crippen LogP contribution in [0.15, 0.2) is 18.2 Å². The summed E-state index contributed by atoms with van der Waals surface area (Å²) in [5, 5.41) is 12.4. The molecule has 4 fully saturated rings. The average Bonchev–Trinajstić information content (AvgIpc) is 3.17. The second kappa shape index (κ2) is 8.27. The minimum atomic E-state index is -4.79. The fraction of sp³-hybridized carbons (Fsp3) is 0.625. The third-order valence-corrected chi connectivity index (χ3v) is 7.79. The molecular weight excluding hydrogens is 463 g/mol. The first kappa shape index (κ1) is 24.2. The smallest absolute Gasteiger partial charge is 0.365 e. The molecule has 188 valence electrons. The number of anilines is 1. The summed E-state index contributed by atoms with van der Waals surface area (Å²) in [6.45, 7) is 10.1. The van der Waals surface area contributed by atoms with Crippen LogP contribution >= 0.6 is 0 Å². The molecule has 0 radical (unpaired) electrons. The molecule has 0 spiro atoms. The summed E-state index contributed by atoms with van der Waals surface area (Å²) in [5.74, 6) is -2.66. The molecule has 2 bridgehead atoms. The number of likely N-dealkylation sites (tertiary alicyclic amines) is 1. The van der Waals surface area contributed by atoms with Crippen LogP contribution in [0.2, 0.25) is 0 Å². The van der Waals surface area contributed by atoms with Crippen molar-refractivity contribution < 1.29 is 27.5 Å². The first-order valence-electron chi connectivity index (χ1n) is 11.8. The van der Waals surface area contributed by atoms with Gasteiger partial charge in [-0.2, -0.15) is 18.4 Å². The van der Waals surface area contributed by atoms with Gasteiger partial charge >= 0.3 is 6.18 Å². The van der Waals surface area contributed by atoms with E-state index in [4.69, 9.17) is 10.00 Å². The van der Waals surface area contributed by atoms with E-state index in [0.717, 1.165) is 56.3 Å². The number of nitrogens with zero attached hydrogens (tertiary/aromatic N) is 4. The monoisotopic (exact) mass is 491 g/mol. The number of piperazine rings is 1. The van der Waals surface area contributed by atoms with Crippen LogP contribution < -0.4 is 10.2 Å². The Bertz CT molecular complexity index is 1060. The van der Waals surface area contributed by atoms with Crippen LogP contribution in [-0.4, -0.2) is 85.2 Å². The first-order valence-corrected chi connectivity index (χ1v) is 11.8. The number of fused-ring (bicyclic) bond motifs is 5. The zero-order valence-corrected chi connectivity index (χ0v) is 19.7. The number of nitriles is 1. The highest BCUT2D eigenvalue weighted by Gasteiger charge is 2.71. The maximum absolute atomic E-state index is 13.6. The van der Waals surface area contributed by atoms with E-state index in [1.807, 2.05) is 13.8 Å². The lowest BCUT2D eigenvalue weighted by atomic mass is 9.79. The van der Waals surface area contributed by atoms with Crippen molar-refractivity contribution in [2.75, 3.05) is 57.3 Å². The number of carbonyl (C=O) groups excluding carboxylic acids is 2. The predicted octanol–water partition coefficient (Wildman–Crippen LogP) is 1.45. The van der Waals surface area contributed by atoms with E-state index in [9.17, 15) is 22.8 Å². The molecule has 0 aromatic heterocycles. The highest BCUT2D eigenvalue weighted by Crippen LogP contribution is 2.55. The Morgan fingerprint density at radius 2 is 1.63 bits per heavy atom. The van der Waals surface area contributed by atoms with E-state index in [0.29, 0.717) is 13.1 Å². The van der Waals surface area contributed by atoms with Gasteiger partial charge in [0.1, 0.15) is 0 Å². The summed E-state index contributed by atoms with van der Waals surface area (Å²) < 4.78 is 46.9. The molecule has 8 nitrogen and oxygen atoms in total. The number of rotatable bonds is 4. The number of ether oxygens (including phenoxy) is 1. The molecule has 0 aliphatic carbocycles. The third-order valence-electron chi connectivity index (χ3n) is 7.79. The summed E-state index contributed by atoms with van der Waals surface area (Å²) in [6, 6.07) is 4.48. The minimum Gasteiger partial charge on any atom is -0.365 e. The van der Waals surface area contributed by atoms with Crippen LogP contribution in [0.25, 0.3) is 0 Å². The van der Waals surface area contributed by atoms with Crippen LogP contribution in [-0.2, 0) is 20.5 Å². The van der Waals surface area contributed by atoms with Gasteiger partial charge in [0, 0.05) is 52.4 Å². The van der Waals surface area contributed by atoms with Gasteiger partial charge in [0.05, 0.1) is 45.9 Å². The van der Waals surface area contributed by atoms with Gasteiger partial charge in [0.2, 0.25) is 11.8 Å². The van der Waals surface area contributed by atoms with Gasteiger partial charge in [-0.1, -0.05) is 0 Å². The number of imide groups is 1. The molecule has 1 aromatic carbocycles. The highest BCUT2D eigenvalue weighted by molar-refractivity contribution is 6.23. The number of halogens is 3. The number of benzene rings is 1. The van der Waals surface area contributed by atoms with Crippen molar-refractivity contribution in [2.45, 2.75) is 31.2 Å². The van der Waals surface area contributed by atoms with Gasteiger partial charge in [0.25, 0.3) is 0 Å². The molecule has 5 rings (SSSR count). The molecule has 4 heterocycles. The Hall–Kier alpha value is -2.52. The second-order valence-corrected chi connectivity index (χ2v) is 10.3. The number of alkyl halides is 3. The largest absolute Gasteiger partial charge is 0.417 e. The molecule has 1 aromatic rings. The average molecular weight is 492 g/mol. The van der Waals surface area contributed by atoms with E-state index in [-0.39, 0.29) is 5.69 Å². The van der Waals surface area contributed by atoms with Crippen molar-refractivity contribution in [3.63, 3.8) is 0 Å². The zero-order chi connectivity index (χ0) is 25.2. The Kier molecular flexibility index (Phi) is 5.71. The number of hydrogen-bond donors (Lipinski definition) is 1. The summed E-state index contributed by atoms with van der Waals surface area (Å²) >= 11 is 0. The number of morpholine rings is 1. The maximum Gasteiger partial charge on any atom is 0.417 e. The topological polar surface area (TPSA) is 88.9 Å². The Balaban J connectivity index is 1.41. The minimum absolute atomic E-state index is 0.165. The number of nitrogens with one attached hydrogen (secondary N) is 1. The van der Waals surface area contributed by atoms with Crippen molar-refractivity contribution in [1.82, 2.24) is 15.1 Å². The Morgan fingerprint density at radius 3 is 2.17 bits per heavy atom. The Morgan fingerprint density at radius 1 is 1.06 bits per heavy atom. The highest BCUT2D eigenvalue weighted by atomic mass is 19.4. The van der Waals surface area contributed by atoms with E-state index in [2.05, 4.69) is 15.1 Å². The third kappa shape index (κ3) is 3.93. The van der Waals surface area contributed by atoms with Crippen molar-refractivity contribution in [3.8, 4) is 6.07 Å². The van der Waals surface area contributed by atoms with Crippen molar-refractivity contribution in [1.29, 1.82) is 5.26 Å². The quantitative estimate of drug-likeness (QED) is 0.638. The van der Waals surface area contributed by atoms with Gasteiger partial charge in [0.15, 0.2) is 0 Å². The fourth-order valence-electron chi connectivity index (χ4n) is 6.40. The van der Waals surface area contributed by atoms with E-state index in [1.165, 1.54) is 12.1 Å². The normalized spacial score (nSPS) is 33.8. The number of carbonyl (C=O) groups is 2. The van der Waals surface area contributed by atoms with E-state index in [1.54, 1.807) is 0 Å². The SMILES string of the molecule is CC12CN(CCN3CCNCC3)CC(C)(O1)C1C(=O)N(c3ccc(C#N)c(C(F)(F)F)c3)C(=O)C12. The molecular formula is C24H28F3N5O3. The van der Waals surface area contributed by atoms with E-state index >= 15 is 0 Å². The molecule has 11 heteroatoms. The van der Waals surface area contributed by atoms with Crippen LogP contribution in [0.3, 0.4) is 0 Å². The molecule has 2 amide bonds. The zero-order valence-electron chi connectivity index (χ0n) is 19.7. The van der Waals surface area contributed by atoms with Crippen LogP contribution in [0.5, 0.6) is 0 Å². The van der Waals surface area contributed by atoms with Gasteiger partial charge in [-0.15, -0.1) is 0 Å². The van der Waals surface area contributed by atoms with E-state index < -0.39 is 52.2 Å². The fourth-order valence-corrected chi connectivity index (χ4v) is 6.40. The molecule has 4 aliphatic heterocycles. The predicted molar refractivity (Wildman–Crippen MR) is 119 cm³/mol. The lowest BCUT2D eigenvalue weighted by Crippen LogP contribution is -2.59.